The SMILES string of the molecule is Cc1nc(N[C@@H]2CC[C@@H](Oc3cnc(C(F)(F)F)nc3)C2)nc2c1NC(=O)C(C(C)C)N2C. The van der Waals surface area contributed by atoms with Crippen LogP contribution in [0, 0.1) is 12.8 Å². The van der Waals surface area contributed by atoms with Crippen LogP contribution in [0.2, 0.25) is 0 Å². The van der Waals surface area contributed by atoms with Crippen LogP contribution in [-0.4, -0.2) is 51.1 Å². The Labute approximate surface area is 189 Å². The molecule has 3 heterocycles. The van der Waals surface area contributed by atoms with Crippen LogP contribution in [0.15, 0.2) is 12.4 Å². The van der Waals surface area contributed by atoms with Crippen LogP contribution in [0.25, 0.3) is 0 Å². The van der Waals surface area contributed by atoms with E-state index in [1.807, 2.05) is 32.7 Å². The number of halogens is 3. The summed E-state index contributed by atoms with van der Waals surface area (Å²) in [6.45, 7) is 5.79. The maximum atomic E-state index is 12.6. The minimum atomic E-state index is -4.58. The highest BCUT2D eigenvalue weighted by Gasteiger charge is 2.36. The standard InChI is InChI=1S/C21H26F3N7O2/c1-10(2)16-18(32)29-15-11(3)27-20(30-17(15)31(16)4)28-12-5-6-13(7-12)33-14-8-25-19(26-9-14)21(22,23)24/h8-10,12-13,16H,5-7H2,1-4H3,(H,29,32)(H,27,28,30)/t12-,13-,16?/m1/s1. The van der Waals surface area contributed by atoms with E-state index in [4.69, 9.17) is 4.74 Å². The summed E-state index contributed by atoms with van der Waals surface area (Å²) in [4.78, 5) is 30.2. The number of carbonyl (C=O) groups excluding carboxylic acids is 1. The van der Waals surface area contributed by atoms with Gasteiger partial charge in [-0.15, -0.1) is 0 Å². The first-order valence-electron chi connectivity index (χ1n) is 10.8. The lowest BCUT2D eigenvalue weighted by molar-refractivity contribution is -0.145. The van der Waals surface area contributed by atoms with Gasteiger partial charge in [0, 0.05) is 19.5 Å². The molecular formula is C21H26F3N7O2. The van der Waals surface area contributed by atoms with E-state index in [-0.39, 0.29) is 35.8 Å². The zero-order chi connectivity index (χ0) is 23.9. The molecule has 0 radical (unpaired) electrons. The van der Waals surface area contributed by atoms with Gasteiger partial charge in [-0.2, -0.15) is 18.2 Å². The third-order valence-electron chi connectivity index (χ3n) is 5.87. The Morgan fingerprint density at radius 2 is 1.91 bits per heavy atom. The van der Waals surface area contributed by atoms with Crippen LogP contribution in [0.5, 0.6) is 5.75 Å². The summed E-state index contributed by atoms with van der Waals surface area (Å²) >= 11 is 0. The minimum Gasteiger partial charge on any atom is -0.487 e. The maximum Gasteiger partial charge on any atom is 0.451 e. The average molecular weight is 465 g/mol. The number of alkyl halides is 3. The van der Waals surface area contributed by atoms with Crippen molar-refractivity contribution in [1.82, 2.24) is 19.9 Å². The highest BCUT2D eigenvalue weighted by molar-refractivity contribution is 6.03. The molecule has 0 bridgehead atoms. The quantitative estimate of drug-likeness (QED) is 0.692. The van der Waals surface area contributed by atoms with Crippen molar-refractivity contribution in [3.8, 4) is 5.75 Å². The van der Waals surface area contributed by atoms with Gasteiger partial charge in [-0.25, -0.2) is 15.0 Å². The van der Waals surface area contributed by atoms with Crippen LogP contribution in [0.1, 0.15) is 44.6 Å². The summed E-state index contributed by atoms with van der Waals surface area (Å²) < 4.78 is 43.6. The average Bonchev–Trinajstić information content (AvgIpc) is 3.15. The molecule has 2 aliphatic rings. The molecule has 1 unspecified atom stereocenters. The molecule has 1 fully saturated rings. The maximum absolute atomic E-state index is 12.6. The fourth-order valence-corrected chi connectivity index (χ4v) is 4.36. The summed E-state index contributed by atoms with van der Waals surface area (Å²) in [6, 6.07) is -0.290. The van der Waals surface area contributed by atoms with Crippen LogP contribution in [-0.2, 0) is 11.0 Å². The summed E-state index contributed by atoms with van der Waals surface area (Å²) in [7, 11) is 1.85. The Morgan fingerprint density at radius 3 is 2.55 bits per heavy atom. The lowest BCUT2D eigenvalue weighted by atomic mass is 9.99. The fraction of sp³-hybridized carbons (Fsp3) is 0.571. The molecule has 1 saturated carbocycles. The van der Waals surface area contributed by atoms with Gasteiger partial charge in [-0.05, 0) is 25.7 Å². The summed E-state index contributed by atoms with van der Waals surface area (Å²) in [5, 5.41) is 6.25. The predicted molar refractivity (Wildman–Crippen MR) is 115 cm³/mol. The van der Waals surface area contributed by atoms with Gasteiger partial charge in [-0.3, -0.25) is 4.79 Å². The van der Waals surface area contributed by atoms with Crippen molar-refractivity contribution in [3.63, 3.8) is 0 Å². The van der Waals surface area contributed by atoms with E-state index in [1.54, 1.807) is 0 Å². The number of hydrogen-bond acceptors (Lipinski definition) is 8. The van der Waals surface area contributed by atoms with Gasteiger partial charge in [0.15, 0.2) is 11.6 Å². The third-order valence-corrected chi connectivity index (χ3v) is 5.87. The molecule has 2 N–H and O–H groups in total. The fourth-order valence-electron chi connectivity index (χ4n) is 4.36. The number of amides is 1. The Bertz CT molecular complexity index is 1030. The highest BCUT2D eigenvalue weighted by Crippen LogP contribution is 2.35. The largest absolute Gasteiger partial charge is 0.487 e. The van der Waals surface area contributed by atoms with E-state index < -0.39 is 12.0 Å². The number of aromatic nitrogens is 4. The lowest BCUT2D eigenvalue weighted by Crippen LogP contribution is -2.49. The Balaban J connectivity index is 1.41. The molecule has 2 aromatic heterocycles. The molecular weight excluding hydrogens is 439 g/mol. The highest BCUT2D eigenvalue weighted by atomic mass is 19.4. The van der Waals surface area contributed by atoms with Crippen LogP contribution < -0.4 is 20.3 Å². The van der Waals surface area contributed by atoms with E-state index in [2.05, 4.69) is 30.6 Å². The molecule has 12 heteroatoms. The second-order valence-corrected chi connectivity index (χ2v) is 8.75. The molecule has 1 aliphatic heterocycles. The normalized spacial score (nSPS) is 22.8. The number of fused-ring (bicyclic) bond motifs is 1. The number of likely N-dealkylation sites (N-methyl/N-ethyl adjacent to an activating group) is 1. The number of rotatable bonds is 5. The molecule has 0 aromatic carbocycles. The van der Waals surface area contributed by atoms with E-state index in [1.165, 1.54) is 0 Å². The molecule has 1 amide bonds. The van der Waals surface area contributed by atoms with Crippen molar-refractivity contribution < 1.29 is 22.7 Å². The van der Waals surface area contributed by atoms with Crippen LogP contribution in [0.4, 0.5) is 30.6 Å². The number of carbonyl (C=O) groups is 1. The molecule has 9 nitrogen and oxygen atoms in total. The smallest absolute Gasteiger partial charge is 0.451 e. The summed E-state index contributed by atoms with van der Waals surface area (Å²) in [5.41, 5.74) is 1.28. The Kier molecular flexibility index (Phi) is 6.02. The van der Waals surface area contributed by atoms with Gasteiger partial charge < -0.3 is 20.3 Å². The second kappa shape index (κ2) is 8.64. The van der Waals surface area contributed by atoms with Gasteiger partial charge in [0.2, 0.25) is 17.7 Å². The van der Waals surface area contributed by atoms with Gasteiger partial charge in [-0.1, -0.05) is 13.8 Å². The number of ether oxygens (including phenoxy) is 1. The van der Waals surface area contributed by atoms with Gasteiger partial charge in [0.25, 0.3) is 0 Å². The van der Waals surface area contributed by atoms with Crippen molar-refractivity contribution >= 4 is 23.4 Å². The molecule has 0 saturated heterocycles. The van der Waals surface area contributed by atoms with Crippen LogP contribution >= 0.6 is 0 Å². The summed E-state index contributed by atoms with van der Waals surface area (Å²) in [5.74, 6) is 0.164. The van der Waals surface area contributed by atoms with Gasteiger partial charge in [0.05, 0.1) is 18.1 Å². The summed E-state index contributed by atoms with van der Waals surface area (Å²) in [6.07, 6.45) is -0.555. The van der Waals surface area contributed by atoms with Crippen molar-refractivity contribution in [1.29, 1.82) is 0 Å². The Hall–Kier alpha value is -3.18. The number of nitrogens with zero attached hydrogens (tertiary/aromatic N) is 5. The molecule has 4 rings (SSSR count). The molecule has 33 heavy (non-hydrogen) atoms. The van der Waals surface area contributed by atoms with Crippen molar-refractivity contribution in [2.75, 3.05) is 22.6 Å². The molecule has 0 spiro atoms. The zero-order valence-electron chi connectivity index (χ0n) is 18.8. The van der Waals surface area contributed by atoms with E-state index in [0.717, 1.165) is 18.8 Å². The molecule has 1 aliphatic carbocycles. The number of hydrogen-bond donors (Lipinski definition) is 2. The van der Waals surface area contributed by atoms with E-state index in [0.29, 0.717) is 36.0 Å². The Morgan fingerprint density at radius 1 is 1.21 bits per heavy atom. The van der Waals surface area contributed by atoms with Crippen molar-refractivity contribution in [2.24, 2.45) is 5.92 Å². The molecule has 2 aromatic rings. The van der Waals surface area contributed by atoms with E-state index in [9.17, 15) is 18.0 Å². The minimum absolute atomic E-state index is 0.0344. The number of nitrogens with one attached hydrogen (secondary N) is 2. The first kappa shape index (κ1) is 23.0. The molecule has 3 atom stereocenters. The first-order chi connectivity index (χ1) is 15.5. The van der Waals surface area contributed by atoms with Gasteiger partial charge in [0.1, 0.15) is 17.8 Å². The number of anilines is 3. The van der Waals surface area contributed by atoms with Crippen molar-refractivity contribution in [3.05, 3.63) is 23.9 Å². The topological polar surface area (TPSA) is 105 Å². The molecule has 178 valence electrons. The number of aryl methyl sites for hydroxylation is 1. The lowest BCUT2D eigenvalue weighted by Gasteiger charge is -2.37. The second-order valence-electron chi connectivity index (χ2n) is 8.75. The van der Waals surface area contributed by atoms with Gasteiger partial charge >= 0.3 is 6.18 Å². The zero-order valence-corrected chi connectivity index (χ0v) is 18.8. The van der Waals surface area contributed by atoms with Crippen LogP contribution in [0.3, 0.4) is 0 Å². The first-order valence-corrected chi connectivity index (χ1v) is 10.8. The predicted octanol–water partition coefficient (Wildman–Crippen LogP) is 3.42. The third kappa shape index (κ3) is 4.79. The van der Waals surface area contributed by atoms with E-state index >= 15 is 0 Å². The monoisotopic (exact) mass is 465 g/mol. The van der Waals surface area contributed by atoms with Crippen molar-refractivity contribution in [2.45, 2.75) is 64.4 Å².